The lowest BCUT2D eigenvalue weighted by Crippen LogP contribution is -2.48. The number of H-pyrrole nitrogens is 1. The number of hydrogen-bond acceptors (Lipinski definition) is 9. The molecule has 1 aliphatic rings. The van der Waals surface area contributed by atoms with Crippen LogP contribution in [0.25, 0.3) is 0 Å². The minimum absolute atomic E-state index is 0.154. The van der Waals surface area contributed by atoms with Crippen molar-refractivity contribution in [2.75, 3.05) is 12.8 Å². The lowest BCUT2D eigenvalue weighted by molar-refractivity contribution is -0.151. The highest BCUT2D eigenvalue weighted by Gasteiger charge is 2.61. The average molecular weight is 560 g/mol. The molecule has 0 spiro atoms. The predicted molar refractivity (Wildman–Crippen MR) is 132 cm³/mol. The molecule has 2 aromatic rings. The molecular formula is C24H31F2N2O9P. The van der Waals surface area contributed by atoms with Crippen LogP contribution in [0.4, 0.5) is 8.78 Å². The molecule has 1 fully saturated rings. The minimum atomic E-state index is -4.21. The Kier molecular flexibility index (Phi) is 9.30. The maximum Gasteiger partial charge on any atom is 0.380 e. The van der Waals surface area contributed by atoms with E-state index in [1.165, 1.54) is 26.0 Å². The van der Waals surface area contributed by atoms with Crippen LogP contribution in [0.3, 0.4) is 0 Å². The van der Waals surface area contributed by atoms with Crippen molar-refractivity contribution in [2.45, 2.75) is 64.0 Å². The number of para-hydroxylation sites is 1. The highest BCUT2D eigenvalue weighted by atomic mass is 31.2. The van der Waals surface area contributed by atoms with Gasteiger partial charge in [-0.2, -0.15) is 0 Å². The van der Waals surface area contributed by atoms with Gasteiger partial charge in [0, 0.05) is 12.3 Å². The average Bonchev–Trinajstić information content (AvgIpc) is 3.10. The highest BCUT2D eigenvalue weighted by molar-refractivity contribution is 7.54. The van der Waals surface area contributed by atoms with Gasteiger partial charge in [0.15, 0.2) is 6.23 Å². The monoisotopic (exact) mass is 560 g/mol. The van der Waals surface area contributed by atoms with Crippen molar-refractivity contribution in [3.05, 3.63) is 63.4 Å². The molecule has 3 rings (SSSR count). The van der Waals surface area contributed by atoms with Crippen LogP contribution in [0, 0.1) is 5.92 Å². The second-order valence-electron chi connectivity index (χ2n) is 9.37. The summed E-state index contributed by atoms with van der Waals surface area (Å²) >= 11 is 0. The van der Waals surface area contributed by atoms with E-state index in [4.69, 9.17) is 18.5 Å². The molecule has 0 bridgehead atoms. The second kappa shape index (κ2) is 11.9. The van der Waals surface area contributed by atoms with Crippen LogP contribution in [-0.2, 0) is 23.4 Å². The molecule has 0 aliphatic carbocycles. The molecule has 11 nitrogen and oxygen atoms in total. The number of carbonyl (C=O) groups excluding carboxylic acids is 1. The lowest BCUT2D eigenvalue weighted by atomic mass is 9.95. The normalized spacial score (nSPS) is 26.5. The maximum atomic E-state index is 15.7. The molecule has 0 amide bonds. The van der Waals surface area contributed by atoms with Crippen molar-refractivity contribution in [1.29, 1.82) is 0 Å². The van der Waals surface area contributed by atoms with E-state index in [0.29, 0.717) is 4.57 Å². The zero-order valence-corrected chi connectivity index (χ0v) is 22.2. The summed E-state index contributed by atoms with van der Waals surface area (Å²) in [5.74, 6) is -1.43. The third kappa shape index (κ3) is 6.58. The van der Waals surface area contributed by atoms with E-state index in [9.17, 15) is 28.4 Å². The third-order valence-corrected chi connectivity index (χ3v) is 7.97. The number of aliphatic hydroxyl groups excluding tert-OH is 1. The van der Waals surface area contributed by atoms with Gasteiger partial charge in [0.2, 0.25) is 5.67 Å². The van der Waals surface area contributed by atoms with Crippen molar-refractivity contribution in [3.63, 3.8) is 0 Å². The fourth-order valence-electron chi connectivity index (χ4n) is 3.99. The van der Waals surface area contributed by atoms with Crippen LogP contribution >= 0.6 is 7.60 Å². The number of rotatable bonds is 11. The molecule has 2 N–H and O–H groups in total. The Bertz CT molecular complexity index is 1270. The fraction of sp³-hybridized carbons (Fsp3) is 0.542. The van der Waals surface area contributed by atoms with Gasteiger partial charge in [-0.3, -0.25) is 23.7 Å². The van der Waals surface area contributed by atoms with Gasteiger partial charge in [-0.1, -0.05) is 25.1 Å². The van der Waals surface area contributed by atoms with Crippen molar-refractivity contribution < 1.29 is 41.8 Å². The van der Waals surface area contributed by atoms with E-state index >= 15 is 4.39 Å². The molecule has 14 heteroatoms. The molecule has 0 saturated carbocycles. The molecule has 1 saturated heterocycles. The number of hydrogen-bond donors (Lipinski definition) is 2. The Labute approximate surface area is 217 Å². The lowest BCUT2D eigenvalue weighted by Gasteiger charge is -2.29. The Morgan fingerprint density at radius 3 is 2.45 bits per heavy atom. The summed E-state index contributed by atoms with van der Waals surface area (Å²) < 4.78 is 66.1. The van der Waals surface area contributed by atoms with E-state index in [1.807, 2.05) is 4.98 Å². The molecule has 0 radical (unpaired) electrons. The molecule has 210 valence electrons. The van der Waals surface area contributed by atoms with Crippen molar-refractivity contribution in [2.24, 2.45) is 5.92 Å². The van der Waals surface area contributed by atoms with E-state index < -0.39 is 79.9 Å². The Morgan fingerprint density at radius 2 is 1.87 bits per heavy atom. The summed E-state index contributed by atoms with van der Waals surface area (Å²) in [6, 6.07) is 8.86. The smallest absolute Gasteiger partial charge is 0.380 e. The maximum absolute atomic E-state index is 15.7. The molecule has 1 aromatic heterocycles. The van der Waals surface area contributed by atoms with Crippen molar-refractivity contribution in [1.82, 2.24) is 9.55 Å². The molecule has 1 aromatic carbocycles. The first-order valence-corrected chi connectivity index (χ1v) is 13.6. The van der Waals surface area contributed by atoms with Crippen LogP contribution < -0.4 is 15.8 Å². The number of nitrogens with one attached hydrogen (secondary N) is 1. The number of ether oxygens (including phenoxy) is 2. The zero-order chi connectivity index (χ0) is 28.3. The van der Waals surface area contributed by atoms with Gasteiger partial charge in [-0.05, 0) is 32.9 Å². The SMILES string of the molecule is CC(C)OC(=O)[C@H](C)C[P@](=O)(Oc1ccccc1)O[C@H](C)[C@H]1O[C@@H](n2ccc(=O)[nH]c2=O)C(F)(CF)[C@H]1O. The summed E-state index contributed by atoms with van der Waals surface area (Å²) in [7, 11) is -4.21. The Hall–Kier alpha value is -2.86. The molecule has 38 heavy (non-hydrogen) atoms. The Morgan fingerprint density at radius 1 is 1.21 bits per heavy atom. The number of aromatic amines is 1. The van der Waals surface area contributed by atoms with Gasteiger partial charge in [-0.25, -0.2) is 18.1 Å². The summed E-state index contributed by atoms with van der Waals surface area (Å²) in [6.45, 7) is 4.32. The predicted octanol–water partition coefficient (Wildman–Crippen LogP) is 2.74. The number of benzene rings is 1. The fourth-order valence-corrected chi connectivity index (χ4v) is 6.09. The number of nitrogens with zero attached hydrogens (tertiary/aromatic N) is 1. The van der Waals surface area contributed by atoms with E-state index in [0.717, 1.165) is 12.3 Å². The van der Waals surface area contributed by atoms with Gasteiger partial charge < -0.3 is 19.1 Å². The van der Waals surface area contributed by atoms with Crippen LogP contribution in [-0.4, -0.2) is 63.5 Å². The first-order chi connectivity index (χ1) is 17.8. The van der Waals surface area contributed by atoms with Crippen LogP contribution in [0.1, 0.15) is 33.9 Å². The van der Waals surface area contributed by atoms with Gasteiger partial charge in [0.25, 0.3) is 5.56 Å². The zero-order valence-electron chi connectivity index (χ0n) is 21.3. The van der Waals surface area contributed by atoms with Gasteiger partial charge >= 0.3 is 19.3 Å². The van der Waals surface area contributed by atoms with Crippen molar-refractivity contribution >= 4 is 13.6 Å². The molecular weight excluding hydrogens is 529 g/mol. The molecule has 2 heterocycles. The van der Waals surface area contributed by atoms with Crippen molar-refractivity contribution in [3.8, 4) is 5.75 Å². The minimum Gasteiger partial charge on any atom is -0.463 e. The van der Waals surface area contributed by atoms with Crippen LogP contribution in [0.5, 0.6) is 5.75 Å². The standard InChI is InChI=1S/C24H31F2N2O9P/c1-14(2)34-21(31)15(3)12-38(33,37-17-8-6-5-7-9-17)36-16(4)19-20(30)24(26,13-25)22(35-19)28-11-10-18(29)27-23(28)32/h5-11,14-16,19-20,22,30H,12-13H2,1-4H3,(H,27,29,32)/t15-,16-,19-,20+,22-,24?,38-/m1/s1. The molecule has 7 atom stereocenters. The largest absolute Gasteiger partial charge is 0.463 e. The van der Waals surface area contributed by atoms with E-state index in [2.05, 4.69) is 0 Å². The number of alkyl halides is 2. The number of aromatic nitrogens is 2. The first-order valence-electron chi connectivity index (χ1n) is 11.9. The van der Waals surface area contributed by atoms with Gasteiger partial charge in [-0.15, -0.1) is 0 Å². The van der Waals surface area contributed by atoms with E-state index in [-0.39, 0.29) is 5.75 Å². The number of halogens is 2. The third-order valence-electron chi connectivity index (χ3n) is 5.84. The first kappa shape index (κ1) is 29.7. The summed E-state index contributed by atoms with van der Waals surface area (Å²) in [5, 5.41) is 10.7. The van der Waals surface area contributed by atoms with Gasteiger partial charge in [0.05, 0.1) is 24.3 Å². The summed E-state index contributed by atoms with van der Waals surface area (Å²) in [4.78, 5) is 37.9. The van der Waals surface area contributed by atoms with Crippen LogP contribution in [0.2, 0.25) is 0 Å². The quantitative estimate of drug-likeness (QED) is 0.313. The van der Waals surface area contributed by atoms with Gasteiger partial charge in [0.1, 0.15) is 24.6 Å². The number of carbonyl (C=O) groups is 1. The summed E-state index contributed by atoms with van der Waals surface area (Å²) in [5.41, 5.74) is -4.97. The summed E-state index contributed by atoms with van der Waals surface area (Å²) in [6.07, 6.45) is -7.09. The van der Waals surface area contributed by atoms with Crippen LogP contribution in [0.15, 0.2) is 52.2 Å². The highest BCUT2D eigenvalue weighted by Crippen LogP contribution is 2.53. The molecule has 1 unspecified atom stereocenters. The second-order valence-corrected chi connectivity index (χ2v) is 11.4. The topological polar surface area (TPSA) is 146 Å². The molecule has 1 aliphatic heterocycles. The number of esters is 1. The van der Waals surface area contributed by atoms with E-state index in [1.54, 1.807) is 32.0 Å². The Balaban J connectivity index is 1.89. The number of aliphatic hydroxyl groups is 1.